The smallest absolute Gasteiger partial charge is 0.326 e. The van der Waals surface area contributed by atoms with Gasteiger partial charge in [0.05, 0.1) is 44.9 Å². The average molecular weight is 1880 g/mol. The first-order chi connectivity index (χ1) is 64.3. The average Bonchev–Trinajstić information content (AvgIpc) is 1.69. The van der Waals surface area contributed by atoms with Crippen LogP contribution in [-0.4, -0.2) is 277 Å². The van der Waals surface area contributed by atoms with Crippen LogP contribution in [0.3, 0.4) is 0 Å². The van der Waals surface area contributed by atoms with Gasteiger partial charge < -0.3 is 139 Å². The molecule has 15 atom stereocenters. The maximum absolute atomic E-state index is 15.0. The summed E-state index contributed by atoms with van der Waals surface area (Å²) in [5, 5.41) is 92.7. The fourth-order valence-electron chi connectivity index (χ4n) is 14.6. The summed E-state index contributed by atoms with van der Waals surface area (Å²) in [6.45, 7) is -1.36. The summed E-state index contributed by atoms with van der Waals surface area (Å²) in [6.07, 6.45) is -3.77. The molecule has 0 saturated carbocycles. The molecule has 46 nitrogen and oxygen atoms in total. The highest BCUT2D eigenvalue weighted by Crippen LogP contribution is 2.23. The van der Waals surface area contributed by atoms with Crippen molar-refractivity contribution in [2.75, 3.05) is 32.8 Å². The van der Waals surface area contributed by atoms with Crippen LogP contribution in [0.15, 0.2) is 152 Å². The summed E-state index contributed by atoms with van der Waals surface area (Å²) in [5.74, 6) is -23.5. The molecule has 726 valence electrons. The second kappa shape index (κ2) is 53.9. The molecular formula is C89H116N22O24. The number of nitrogens with zero attached hydrogens (tertiary/aromatic N) is 1. The third-order valence-electron chi connectivity index (χ3n) is 21.6. The fourth-order valence-corrected chi connectivity index (χ4v) is 14.6. The van der Waals surface area contributed by atoms with E-state index in [1.165, 1.54) is 0 Å². The zero-order chi connectivity index (χ0) is 99.0. The summed E-state index contributed by atoms with van der Waals surface area (Å²) >= 11 is 0. The number of guanidine groups is 1. The Bertz CT molecular complexity index is 5150. The monoisotopic (exact) mass is 1880 g/mol. The topological polar surface area (TPSA) is 767 Å². The number of fused-ring (bicyclic) bond motifs is 1. The highest BCUT2D eigenvalue weighted by molar-refractivity contribution is 6.03. The van der Waals surface area contributed by atoms with Gasteiger partial charge in [0.25, 0.3) is 0 Å². The van der Waals surface area contributed by atoms with E-state index in [9.17, 15) is 117 Å². The van der Waals surface area contributed by atoms with Gasteiger partial charge in [-0.1, -0.05) is 140 Å². The van der Waals surface area contributed by atoms with Crippen molar-refractivity contribution in [3.05, 3.63) is 180 Å². The second-order valence-electron chi connectivity index (χ2n) is 32.1. The number of carboxylic acids is 3. The van der Waals surface area contributed by atoms with Crippen molar-refractivity contribution >= 4 is 129 Å². The van der Waals surface area contributed by atoms with Gasteiger partial charge in [0, 0.05) is 55.9 Å². The standard InChI is InChI=1S/C89H116N22O24/c1-48(98-77(123)63(41-70(92)114)107-76(122)57(30-16-17-33-90)99-78(124)59(37-50-22-8-3-9-23-50)103-81(127)62(40-53-45-97-56-29-15-14-28-54(53)56)106-82(128)65(44-73(118)119)102-75(121)55(91)36-49-20-6-2-7-21-49)74(120)101-64(43-72(116)117)83(129)108-66(42-71(93)115)87(133)111-35-19-32-69(111)86(132)110-68(47-113)85(131)105-61(39-52-26-12-5-13-27-52)80(126)109-67(46-112)84(130)104-60(38-51-24-10-4-11-25-51)79(125)100-58(88(134)135)31-18-34-96-89(94)95/h2-15,20-29,45,48,55,57-69,97,112-113H,16-19,30-44,46-47,90-91H2,1H3,(H2,92,114)(H2,93,115)(H,98,123)(H,99,124)(H,100,125)(H,101,120)(H,102,121)(H,103,127)(H,104,130)(H,105,131)(H,106,128)(H,107,122)(H,108,129)(H,109,126)(H,110,132)(H,116,117)(H,118,119)(H,134,135)(H4,94,95,96)/t48-,55-,57-,58-,59-,60-,61-,62-,63-,64-,65-,66-,67-,68-,69-/m0/s1. The predicted molar refractivity (Wildman–Crippen MR) is 482 cm³/mol. The predicted octanol–water partition coefficient (Wildman–Crippen LogP) is -6.52. The number of carbonyl (C=O) groups excluding carboxylic acids is 16. The quantitative estimate of drug-likeness (QED) is 0.00959. The maximum Gasteiger partial charge on any atom is 0.326 e. The number of hydrogen-bond acceptors (Lipinski definition) is 24. The number of aliphatic hydroxyl groups excluding tert-OH is 2. The number of nitrogens with two attached hydrogens (primary N) is 5. The lowest BCUT2D eigenvalue weighted by Crippen LogP contribution is -2.61. The Labute approximate surface area is 773 Å². The number of H-pyrrole nitrogens is 1. The van der Waals surface area contributed by atoms with Crippen LogP contribution in [0.1, 0.15) is 105 Å². The first-order valence-electron chi connectivity index (χ1n) is 43.3. The largest absolute Gasteiger partial charge is 0.481 e. The van der Waals surface area contributed by atoms with Gasteiger partial charge in [-0.25, -0.2) is 4.79 Å². The number of benzene rings is 5. The van der Waals surface area contributed by atoms with Gasteiger partial charge >= 0.3 is 17.9 Å². The molecule has 0 radical (unpaired) electrons. The zero-order valence-corrected chi connectivity index (χ0v) is 73.8. The minimum atomic E-state index is -2.17. The highest BCUT2D eigenvalue weighted by Gasteiger charge is 2.43. The normalized spacial score (nSPS) is 15.3. The van der Waals surface area contributed by atoms with E-state index >= 15 is 0 Å². The van der Waals surface area contributed by atoms with E-state index in [0.717, 1.165) is 11.8 Å². The summed E-state index contributed by atoms with van der Waals surface area (Å²) in [6, 6.07) is 13.8. The van der Waals surface area contributed by atoms with E-state index in [2.05, 4.69) is 79.4 Å². The SMILES string of the molecule is C[C@H](NC(=O)[C@H](CC(N)=O)NC(=O)[C@H](CCCCN)NC(=O)[C@H](Cc1ccccc1)NC(=O)[C@H](Cc1c[nH]c2ccccc12)NC(=O)[C@H](CC(=O)O)NC(=O)[C@@H](N)Cc1ccccc1)C(=O)N[C@@H](CC(=O)O)C(=O)N[C@@H](CC(N)=O)C(=O)N1CCC[C@H]1C(=O)N[C@@H](CO)C(=O)N[C@@H](Cc1ccccc1)C(=O)N[C@@H](CO)C(=O)N[C@@H](Cc1ccccc1)C(=O)N[C@@H](CCCNC(=N)N)C(=O)O. The van der Waals surface area contributed by atoms with Gasteiger partial charge in [0.15, 0.2) is 5.96 Å². The minimum absolute atomic E-state index is 0.00112. The molecule has 7 rings (SSSR count). The number of amides is 16. The molecule has 46 heteroatoms. The van der Waals surface area contributed by atoms with E-state index in [0.29, 0.717) is 38.7 Å². The Morgan fingerprint density at radius 3 is 1.23 bits per heavy atom. The fraction of sp³-hybridized carbons (Fsp3) is 0.416. The summed E-state index contributed by atoms with van der Waals surface area (Å²) in [4.78, 5) is 267. The summed E-state index contributed by atoms with van der Waals surface area (Å²) in [7, 11) is 0. The molecule has 0 aliphatic carbocycles. The first kappa shape index (κ1) is 107. The minimum Gasteiger partial charge on any atom is -0.481 e. The molecule has 2 heterocycles. The van der Waals surface area contributed by atoms with Crippen LogP contribution in [0.4, 0.5) is 0 Å². The number of unbranched alkanes of at least 4 members (excludes halogenated alkanes) is 1. The van der Waals surface area contributed by atoms with E-state index in [-0.39, 0.29) is 103 Å². The number of aliphatic hydroxyl groups is 2. The van der Waals surface area contributed by atoms with E-state index in [4.69, 9.17) is 34.1 Å². The number of aliphatic carboxylic acids is 3. The Balaban J connectivity index is 1.02. The Kier molecular flexibility index (Phi) is 42.6. The Morgan fingerprint density at radius 1 is 0.407 bits per heavy atom. The number of primary amides is 2. The zero-order valence-electron chi connectivity index (χ0n) is 73.8. The molecule has 1 aromatic heterocycles. The van der Waals surface area contributed by atoms with Gasteiger partial charge in [-0.05, 0) is 98.7 Å². The van der Waals surface area contributed by atoms with Crippen LogP contribution < -0.4 is 103 Å². The number of carbonyl (C=O) groups is 19. The molecule has 6 aromatic rings. The molecule has 5 aromatic carbocycles. The lowest BCUT2D eigenvalue weighted by molar-refractivity contribution is -0.144. The van der Waals surface area contributed by atoms with Crippen LogP contribution in [0.2, 0.25) is 0 Å². The van der Waals surface area contributed by atoms with Gasteiger partial charge in [-0.3, -0.25) is 91.7 Å². The van der Waals surface area contributed by atoms with Crippen molar-refractivity contribution in [3.8, 4) is 0 Å². The van der Waals surface area contributed by atoms with Crippen molar-refractivity contribution in [2.24, 2.45) is 28.7 Å². The van der Waals surface area contributed by atoms with Crippen molar-refractivity contribution < 1.29 is 117 Å². The van der Waals surface area contributed by atoms with Crippen molar-refractivity contribution in [1.82, 2.24) is 84.3 Å². The maximum atomic E-state index is 15.0. The molecule has 1 saturated heterocycles. The van der Waals surface area contributed by atoms with E-state index in [1.54, 1.807) is 152 Å². The van der Waals surface area contributed by atoms with Crippen molar-refractivity contribution in [2.45, 2.75) is 200 Å². The summed E-state index contributed by atoms with van der Waals surface area (Å²) < 4.78 is 0. The lowest BCUT2D eigenvalue weighted by atomic mass is 10.0. The molecule has 1 aliphatic heterocycles. The van der Waals surface area contributed by atoms with Gasteiger partial charge in [-0.15, -0.1) is 0 Å². The van der Waals surface area contributed by atoms with Gasteiger partial charge in [-0.2, -0.15) is 0 Å². The Hall–Kier alpha value is -15.3. The number of aromatic amines is 1. The van der Waals surface area contributed by atoms with Gasteiger partial charge in [0.1, 0.15) is 84.6 Å². The first-order valence-corrected chi connectivity index (χ1v) is 43.3. The molecule has 0 spiro atoms. The molecule has 135 heavy (non-hydrogen) atoms. The number of likely N-dealkylation sites (tertiary alicyclic amines) is 1. The van der Waals surface area contributed by atoms with Crippen LogP contribution in [0.5, 0.6) is 0 Å². The molecule has 1 fully saturated rings. The number of para-hydroxylation sites is 1. The third kappa shape index (κ3) is 35.1. The van der Waals surface area contributed by atoms with E-state index in [1.807, 2.05) is 0 Å². The Morgan fingerprint density at radius 2 is 0.770 bits per heavy atom. The second-order valence-corrected chi connectivity index (χ2v) is 32.1. The van der Waals surface area contributed by atoms with Crippen LogP contribution in [0, 0.1) is 5.41 Å². The number of aromatic nitrogens is 1. The number of rotatable bonds is 56. The molecule has 0 unspecified atom stereocenters. The van der Waals surface area contributed by atoms with Crippen LogP contribution >= 0.6 is 0 Å². The van der Waals surface area contributed by atoms with Crippen LogP contribution in [-0.2, 0) is 123 Å². The van der Waals surface area contributed by atoms with Crippen molar-refractivity contribution in [3.63, 3.8) is 0 Å². The van der Waals surface area contributed by atoms with Crippen molar-refractivity contribution in [1.29, 1.82) is 5.41 Å². The third-order valence-corrected chi connectivity index (χ3v) is 21.6. The van der Waals surface area contributed by atoms with E-state index < -0.39 is 242 Å². The summed E-state index contributed by atoms with van der Waals surface area (Å²) in [5.41, 5.74) is 31.6. The number of hydrogen-bond donors (Lipinski definition) is 26. The highest BCUT2D eigenvalue weighted by atomic mass is 16.4. The molecule has 0 bridgehead atoms. The number of carboxylic acid groups (broad SMARTS) is 3. The van der Waals surface area contributed by atoms with Crippen LogP contribution in [0.25, 0.3) is 10.9 Å². The molecule has 31 N–H and O–H groups in total. The molecule has 16 amide bonds. The van der Waals surface area contributed by atoms with Gasteiger partial charge in [0.2, 0.25) is 94.5 Å². The number of nitrogens with one attached hydrogen (secondary N) is 16. The molecule has 1 aliphatic rings. The molecular weight excluding hydrogens is 1760 g/mol. The lowest BCUT2D eigenvalue weighted by Gasteiger charge is -2.30.